The monoisotopic (exact) mass is 765 g/mol. The fraction of sp³-hybridized carbons (Fsp3) is 0.250. The van der Waals surface area contributed by atoms with Gasteiger partial charge in [-0.2, -0.15) is 0 Å². The zero-order valence-electron chi connectivity index (χ0n) is 30.1. The van der Waals surface area contributed by atoms with Crippen LogP contribution in [0.15, 0.2) is 89.9 Å². The number of para-hydroxylation sites is 1. The summed E-state index contributed by atoms with van der Waals surface area (Å²) in [6, 6.07) is 22.0. The molecule has 2 aliphatic heterocycles. The SMILES string of the molecule is NC(N)=Nc1ccc2c(c1)CCCOc1c(cccc1C(=O)N(CC(=O)O)[C@H]1Cc3ccc(OCCN(CC(=O)O)Cc4ccccc4)cc3OC1=O)OC2=O. The first-order valence-electron chi connectivity index (χ1n) is 17.6. The van der Waals surface area contributed by atoms with Gasteiger partial charge in [0.15, 0.2) is 17.5 Å². The minimum atomic E-state index is -1.37. The van der Waals surface area contributed by atoms with Gasteiger partial charge in [-0.25, -0.2) is 14.6 Å². The molecule has 2 aliphatic rings. The van der Waals surface area contributed by atoms with Crippen LogP contribution in [0.2, 0.25) is 0 Å². The van der Waals surface area contributed by atoms with Gasteiger partial charge in [-0.3, -0.25) is 19.3 Å². The summed E-state index contributed by atoms with van der Waals surface area (Å²) in [5.74, 6) is -4.56. The number of hydrogen-bond donors (Lipinski definition) is 4. The van der Waals surface area contributed by atoms with E-state index in [0.29, 0.717) is 48.5 Å². The molecule has 0 bridgehead atoms. The van der Waals surface area contributed by atoms with Gasteiger partial charge in [0.2, 0.25) is 0 Å². The number of amides is 1. The van der Waals surface area contributed by atoms with Gasteiger partial charge in [-0.15, -0.1) is 0 Å². The first-order valence-corrected chi connectivity index (χ1v) is 17.6. The lowest BCUT2D eigenvalue weighted by atomic mass is 9.99. The number of hydrogen-bond acceptors (Lipinski definition) is 11. The number of aryl methyl sites for hydroxylation is 1. The first-order chi connectivity index (χ1) is 26.9. The van der Waals surface area contributed by atoms with Crippen molar-refractivity contribution < 1.29 is 53.1 Å². The first kappa shape index (κ1) is 38.8. The summed E-state index contributed by atoms with van der Waals surface area (Å²) in [4.78, 5) is 71.3. The van der Waals surface area contributed by atoms with Crippen LogP contribution in [0.4, 0.5) is 5.69 Å². The average Bonchev–Trinajstić information content (AvgIpc) is 3.15. The molecule has 0 fully saturated rings. The van der Waals surface area contributed by atoms with Gasteiger partial charge in [-0.1, -0.05) is 42.5 Å². The number of esters is 2. The number of carboxylic acids is 2. The van der Waals surface area contributed by atoms with E-state index in [4.69, 9.17) is 30.4 Å². The summed E-state index contributed by atoms with van der Waals surface area (Å²) >= 11 is 0. The number of fused-ring (bicyclic) bond motifs is 3. The Morgan fingerprint density at radius 3 is 2.39 bits per heavy atom. The van der Waals surface area contributed by atoms with Crippen LogP contribution < -0.4 is 30.4 Å². The van der Waals surface area contributed by atoms with Gasteiger partial charge in [0.25, 0.3) is 5.91 Å². The van der Waals surface area contributed by atoms with E-state index in [2.05, 4.69) is 4.99 Å². The molecule has 0 radical (unpaired) electrons. The van der Waals surface area contributed by atoms with Crippen molar-refractivity contribution in [3.63, 3.8) is 0 Å². The summed E-state index contributed by atoms with van der Waals surface area (Å²) in [6.07, 6.45) is 0.727. The van der Waals surface area contributed by atoms with Crippen LogP contribution in [0.3, 0.4) is 0 Å². The number of guanidine groups is 1. The molecule has 0 saturated heterocycles. The molecule has 6 N–H and O–H groups in total. The maximum Gasteiger partial charge on any atom is 0.343 e. The molecular weight excluding hydrogens is 726 g/mol. The fourth-order valence-corrected chi connectivity index (χ4v) is 6.47. The lowest BCUT2D eigenvalue weighted by Crippen LogP contribution is -2.51. The third kappa shape index (κ3) is 9.58. The molecule has 290 valence electrons. The molecule has 6 rings (SSSR count). The van der Waals surface area contributed by atoms with Crippen molar-refractivity contribution in [3.8, 4) is 23.0 Å². The normalized spacial score (nSPS) is 14.8. The van der Waals surface area contributed by atoms with Crippen molar-refractivity contribution in [1.29, 1.82) is 0 Å². The van der Waals surface area contributed by atoms with Crippen molar-refractivity contribution in [1.82, 2.24) is 9.80 Å². The van der Waals surface area contributed by atoms with Crippen LogP contribution in [0.25, 0.3) is 0 Å². The Labute approximate surface area is 320 Å². The molecule has 4 aromatic rings. The standard InChI is InChI=1S/C40H39N5O11/c41-40(42)43-27-12-14-29-25(18-27)8-5-16-54-36-30(9-4-10-32(36)55-38(29)51)37(50)45(23-35(48)49)31-19-26-11-13-28(20-33(26)56-39(31)52)53-17-15-44(22-34(46)47)21-24-6-2-1-3-7-24/h1-4,6-7,9-14,18,20,31H,5,8,15-17,19,21-23H2,(H,46,47)(H,48,49)(H4,41,42,43)/t31-/m0/s1. The number of carboxylic acid groups (broad SMARTS) is 2. The predicted molar refractivity (Wildman–Crippen MR) is 200 cm³/mol. The Hall–Kier alpha value is -6.94. The smallest absolute Gasteiger partial charge is 0.343 e. The number of carbonyl (C=O) groups excluding carboxylic acids is 3. The summed E-state index contributed by atoms with van der Waals surface area (Å²) < 4.78 is 23.2. The number of aliphatic imine (C=N–C) groups is 1. The van der Waals surface area contributed by atoms with E-state index >= 15 is 0 Å². The van der Waals surface area contributed by atoms with Gasteiger partial charge >= 0.3 is 23.9 Å². The maximum atomic E-state index is 14.2. The van der Waals surface area contributed by atoms with Crippen LogP contribution in [-0.4, -0.2) is 94.6 Å². The molecule has 0 saturated carbocycles. The Bertz CT molecular complexity index is 2170. The molecule has 0 aliphatic carbocycles. The van der Waals surface area contributed by atoms with E-state index in [1.54, 1.807) is 29.2 Å². The number of ether oxygens (including phenoxy) is 4. The van der Waals surface area contributed by atoms with Crippen molar-refractivity contribution in [2.75, 3.05) is 32.8 Å². The Kier molecular flexibility index (Phi) is 12.1. The van der Waals surface area contributed by atoms with Crippen molar-refractivity contribution >= 4 is 41.4 Å². The van der Waals surface area contributed by atoms with Gasteiger partial charge in [-0.05, 0) is 65.9 Å². The van der Waals surface area contributed by atoms with E-state index in [0.717, 1.165) is 10.5 Å². The van der Waals surface area contributed by atoms with Gasteiger partial charge in [0.1, 0.15) is 30.7 Å². The summed E-state index contributed by atoms with van der Waals surface area (Å²) in [6.45, 7) is -0.0940. The van der Waals surface area contributed by atoms with Crippen LogP contribution in [0.5, 0.6) is 23.0 Å². The number of rotatable bonds is 13. The molecule has 2 heterocycles. The van der Waals surface area contributed by atoms with Crippen LogP contribution >= 0.6 is 0 Å². The molecule has 4 aromatic carbocycles. The molecule has 0 spiro atoms. The van der Waals surface area contributed by atoms with Crippen molar-refractivity contribution in [2.45, 2.75) is 31.8 Å². The van der Waals surface area contributed by atoms with Crippen LogP contribution in [0, 0.1) is 0 Å². The second-order valence-electron chi connectivity index (χ2n) is 13.0. The number of aliphatic carboxylic acids is 2. The average molecular weight is 766 g/mol. The number of carbonyl (C=O) groups is 5. The summed E-state index contributed by atoms with van der Waals surface area (Å²) in [7, 11) is 0. The largest absolute Gasteiger partial charge is 0.492 e. The highest BCUT2D eigenvalue weighted by Crippen LogP contribution is 2.37. The number of nitrogens with two attached hydrogens (primary N) is 2. The quantitative estimate of drug-likeness (QED) is 0.0663. The maximum absolute atomic E-state index is 14.2. The van der Waals surface area contributed by atoms with Crippen LogP contribution in [0.1, 0.15) is 43.8 Å². The molecule has 0 unspecified atom stereocenters. The third-order valence-corrected chi connectivity index (χ3v) is 8.98. The second-order valence-corrected chi connectivity index (χ2v) is 13.0. The third-order valence-electron chi connectivity index (χ3n) is 8.98. The molecule has 0 aromatic heterocycles. The molecule has 1 atom stereocenters. The summed E-state index contributed by atoms with van der Waals surface area (Å²) in [5, 5.41) is 19.2. The van der Waals surface area contributed by atoms with Gasteiger partial charge < -0.3 is 45.5 Å². The molecule has 16 heteroatoms. The lowest BCUT2D eigenvalue weighted by Gasteiger charge is -2.33. The van der Waals surface area contributed by atoms with E-state index < -0.39 is 42.4 Å². The summed E-state index contributed by atoms with van der Waals surface area (Å²) in [5.41, 5.74) is 13.7. The topological polar surface area (TPSA) is 234 Å². The van der Waals surface area contributed by atoms with Crippen molar-refractivity contribution in [3.05, 3.63) is 113 Å². The Morgan fingerprint density at radius 1 is 0.857 bits per heavy atom. The van der Waals surface area contributed by atoms with Crippen LogP contribution in [-0.2, 0) is 33.8 Å². The van der Waals surface area contributed by atoms with E-state index in [1.165, 1.54) is 30.3 Å². The molecule has 56 heavy (non-hydrogen) atoms. The zero-order chi connectivity index (χ0) is 39.8. The van der Waals surface area contributed by atoms with E-state index in [9.17, 15) is 34.2 Å². The highest BCUT2D eigenvalue weighted by atomic mass is 16.6. The van der Waals surface area contributed by atoms with Gasteiger partial charge in [0.05, 0.1) is 30.0 Å². The van der Waals surface area contributed by atoms with E-state index in [-0.39, 0.29) is 60.5 Å². The molecule has 1 amide bonds. The minimum absolute atomic E-state index is 0.0690. The van der Waals surface area contributed by atoms with Crippen molar-refractivity contribution in [2.24, 2.45) is 16.5 Å². The lowest BCUT2D eigenvalue weighted by molar-refractivity contribution is -0.144. The molecule has 16 nitrogen and oxygen atoms in total. The number of benzene rings is 4. The second kappa shape index (κ2) is 17.5. The minimum Gasteiger partial charge on any atom is -0.492 e. The molecular formula is C40H39N5O11. The predicted octanol–water partition coefficient (Wildman–Crippen LogP) is 3.16. The van der Waals surface area contributed by atoms with E-state index in [1.807, 2.05) is 30.3 Å². The Balaban J connectivity index is 1.18. The highest BCUT2D eigenvalue weighted by Gasteiger charge is 2.39. The fourth-order valence-electron chi connectivity index (χ4n) is 6.47. The number of nitrogens with zero attached hydrogens (tertiary/aromatic N) is 3. The Morgan fingerprint density at radius 2 is 1.64 bits per heavy atom. The highest BCUT2D eigenvalue weighted by molar-refractivity contribution is 6.02. The van der Waals surface area contributed by atoms with Gasteiger partial charge in [0, 0.05) is 25.6 Å². The zero-order valence-corrected chi connectivity index (χ0v) is 30.1.